The second-order valence-corrected chi connectivity index (χ2v) is 8.43. The molecule has 0 amide bonds. The molecule has 2 saturated carbocycles. The van der Waals surface area contributed by atoms with Crippen molar-refractivity contribution in [3.05, 3.63) is 24.3 Å². The van der Waals surface area contributed by atoms with Crippen LogP contribution in [-0.2, 0) is 0 Å². The molecular formula is C20H33N3O2. The van der Waals surface area contributed by atoms with Gasteiger partial charge in [0.1, 0.15) is 0 Å². The number of rotatable bonds is 4. The first-order valence-electron chi connectivity index (χ1n) is 9.52. The molecule has 0 aromatic heterocycles. The van der Waals surface area contributed by atoms with Gasteiger partial charge in [0.25, 0.3) is 0 Å². The third-order valence-corrected chi connectivity index (χ3v) is 6.96. The normalized spacial score (nSPS) is 43.4. The van der Waals surface area contributed by atoms with E-state index in [2.05, 4.69) is 36.0 Å². The Morgan fingerprint density at radius 3 is 2.84 bits per heavy atom. The van der Waals surface area contributed by atoms with Gasteiger partial charge in [0.2, 0.25) is 0 Å². The minimum atomic E-state index is -0.757. The molecule has 6 unspecified atom stereocenters. The number of aliphatic imine (C=N–C) groups is 1. The summed E-state index contributed by atoms with van der Waals surface area (Å²) in [6, 6.07) is 0. The Labute approximate surface area is 151 Å². The molecule has 0 aliphatic heterocycles. The maximum atomic E-state index is 11.4. The lowest BCUT2D eigenvalue weighted by Gasteiger charge is -2.40. The van der Waals surface area contributed by atoms with Crippen LogP contribution < -0.4 is 11.1 Å². The molecule has 0 radical (unpaired) electrons. The molecule has 3 rings (SSSR count). The molecule has 0 aromatic rings. The van der Waals surface area contributed by atoms with Crippen molar-refractivity contribution in [2.24, 2.45) is 34.4 Å². The first kappa shape index (κ1) is 18.5. The maximum Gasteiger partial charge on any atom is 0.188 e. The smallest absolute Gasteiger partial charge is 0.188 e. The summed E-state index contributed by atoms with van der Waals surface area (Å²) in [7, 11) is 1.65. The SMILES string of the molecule is C=C(C)C1CC2C(CCC2(O)CCNC(N)=NC)C2(O)CC=CC1C2. The van der Waals surface area contributed by atoms with Gasteiger partial charge >= 0.3 is 0 Å². The molecule has 25 heavy (non-hydrogen) atoms. The fourth-order valence-corrected chi connectivity index (χ4v) is 5.59. The highest BCUT2D eigenvalue weighted by atomic mass is 16.3. The molecule has 0 spiro atoms. The van der Waals surface area contributed by atoms with Gasteiger partial charge in [0.15, 0.2) is 5.96 Å². The first-order chi connectivity index (χ1) is 11.8. The van der Waals surface area contributed by atoms with Gasteiger partial charge in [-0.1, -0.05) is 24.3 Å². The summed E-state index contributed by atoms with van der Waals surface area (Å²) in [6.45, 7) is 6.89. The second kappa shape index (κ2) is 6.76. The number of guanidine groups is 1. The lowest BCUT2D eigenvalue weighted by Crippen LogP contribution is -2.46. The molecule has 0 heterocycles. The number of fused-ring (bicyclic) bond motifs is 4. The first-order valence-corrected chi connectivity index (χ1v) is 9.52. The van der Waals surface area contributed by atoms with Crippen LogP contribution in [0.25, 0.3) is 0 Å². The minimum absolute atomic E-state index is 0.102. The highest BCUT2D eigenvalue weighted by Crippen LogP contribution is 2.57. The topological polar surface area (TPSA) is 90.9 Å². The number of nitrogens with two attached hydrogens (primary N) is 1. The van der Waals surface area contributed by atoms with Crippen LogP contribution in [0.1, 0.15) is 45.4 Å². The number of allylic oxidation sites excluding steroid dienone is 2. The van der Waals surface area contributed by atoms with Crippen molar-refractivity contribution in [3.63, 3.8) is 0 Å². The van der Waals surface area contributed by atoms with E-state index in [0.29, 0.717) is 37.2 Å². The van der Waals surface area contributed by atoms with Gasteiger partial charge in [-0.15, -0.1) is 0 Å². The van der Waals surface area contributed by atoms with E-state index in [1.165, 1.54) is 0 Å². The van der Waals surface area contributed by atoms with Gasteiger partial charge in [0.05, 0.1) is 11.2 Å². The Balaban J connectivity index is 1.83. The van der Waals surface area contributed by atoms with Crippen LogP contribution >= 0.6 is 0 Å². The van der Waals surface area contributed by atoms with Crippen molar-refractivity contribution in [1.82, 2.24) is 5.32 Å². The molecule has 2 fully saturated rings. The van der Waals surface area contributed by atoms with Crippen molar-refractivity contribution < 1.29 is 10.2 Å². The fraction of sp³-hybridized carbons (Fsp3) is 0.750. The fourth-order valence-electron chi connectivity index (χ4n) is 5.59. The van der Waals surface area contributed by atoms with E-state index in [1.54, 1.807) is 7.05 Å². The number of nitrogens with one attached hydrogen (secondary N) is 1. The zero-order valence-corrected chi connectivity index (χ0v) is 15.5. The quantitative estimate of drug-likeness (QED) is 0.355. The lowest BCUT2D eigenvalue weighted by molar-refractivity contribution is -0.0745. The Bertz CT molecular complexity index is 587. The summed E-state index contributed by atoms with van der Waals surface area (Å²) < 4.78 is 0. The van der Waals surface area contributed by atoms with E-state index in [1.807, 2.05) is 0 Å². The standard InChI is InChI=1S/C20H33N3O2/c1-13(2)15-11-17-16(20(25)7-4-5-14(15)12-20)6-8-19(17,24)9-10-23-18(21)22-3/h4-5,14-17,24-25H,1,6-12H2,2-3H3,(H3,21,22,23). The molecule has 5 heteroatoms. The predicted molar refractivity (Wildman–Crippen MR) is 101 cm³/mol. The zero-order valence-electron chi connectivity index (χ0n) is 15.5. The summed E-state index contributed by atoms with van der Waals surface area (Å²) in [4.78, 5) is 3.90. The van der Waals surface area contributed by atoms with Crippen molar-refractivity contribution in [2.75, 3.05) is 13.6 Å². The zero-order chi connectivity index (χ0) is 18.2. The maximum absolute atomic E-state index is 11.4. The van der Waals surface area contributed by atoms with E-state index < -0.39 is 11.2 Å². The third kappa shape index (κ3) is 3.36. The Morgan fingerprint density at radius 2 is 2.16 bits per heavy atom. The molecule has 6 atom stereocenters. The number of hydrogen-bond acceptors (Lipinski definition) is 3. The molecule has 0 saturated heterocycles. The van der Waals surface area contributed by atoms with Gasteiger partial charge in [-0.25, -0.2) is 0 Å². The van der Waals surface area contributed by atoms with Crippen LogP contribution in [0.5, 0.6) is 0 Å². The molecule has 0 aromatic carbocycles. The van der Waals surface area contributed by atoms with Crippen molar-refractivity contribution in [2.45, 2.75) is 56.7 Å². The van der Waals surface area contributed by atoms with Crippen LogP contribution in [0.2, 0.25) is 0 Å². The Morgan fingerprint density at radius 1 is 1.40 bits per heavy atom. The van der Waals surface area contributed by atoms with Crippen LogP contribution in [0.15, 0.2) is 29.3 Å². The van der Waals surface area contributed by atoms with E-state index >= 15 is 0 Å². The number of hydrogen-bond donors (Lipinski definition) is 4. The highest BCUT2D eigenvalue weighted by molar-refractivity contribution is 5.77. The largest absolute Gasteiger partial charge is 0.390 e. The van der Waals surface area contributed by atoms with Gasteiger partial charge in [-0.3, -0.25) is 4.99 Å². The Hall–Kier alpha value is -1.33. The number of aliphatic hydroxyl groups is 2. The summed E-state index contributed by atoms with van der Waals surface area (Å²) in [5.41, 5.74) is 5.43. The monoisotopic (exact) mass is 347 g/mol. The second-order valence-electron chi connectivity index (χ2n) is 8.43. The Kier molecular flexibility index (Phi) is 5.00. The number of nitrogens with zero attached hydrogens (tertiary/aromatic N) is 1. The van der Waals surface area contributed by atoms with Gasteiger partial charge in [0, 0.05) is 13.6 Å². The van der Waals surface area contributed by atoms with Crippen molar-refractivity contribution in [1.29, 1.82) is 0 Å². The molecule has 3 aliphatic rings. The van der Waals surface area contributed by atoms with Crippen molar-refractivity contribution >= 4 is 5.96 Å². The van der Waals surface area contributed by atoms with E-state index in [4.69, 9.17) is 5.73 Å². The average molecular weight is 348 g/mol. The summed E-state index contributed by atoms with van der Waals surface area (Å²) in [6.07, 6.45) is 9.07. The molecule has 140 valence electrons. The van der Waals surface area contributed by atoms with E-state index in [-0.39, 0.29) is 11.8 Å². The minimum Gasteiger partial charge on any atom is -0.390 e. The highest BCUT2D eigenvalue weighted by Gasteiger charge is 2.57. The van der Waals surface area contributed by atoms with Crippen LogP contribution in [0.4, 0.5) is 0 Å². The molecule has 2 bridgehead atoms. The van der Waals surface area contributed by atoms with Crippen molar-refractivity contribution in [3.8, 4) is 0 Å². The van der Waals surface area contributed by atoms with Gasteiger partial charge in [-0.05, 0) is 69.1 Å². The summed E-state index contributed by atoms with van der Waals surface area (Å²) in [5, 5.41) is 25.9. The predicted octanol–water partition coefficient (Wildman–Crippen LogP) is 1.96. The van der Waals surface area contributed by atoms with Gasteiger partial charge in [-0.2, -0.15) is 0 Å². The summed E-state index contributed by atoms with van der Waals surface area (Å²) in [5.74, 6) is 1.33. The summed E-state index contributed by atoms with van der Waals surface area (Å²) >= 11 is 0. The van der Waals surface area contributed by atoms with E-state index in [9.17, 15) is 10.2 Å². The average Bonchev–Trinajstić information content (AvgIpc) is 2.85. The molecule has 5 nitrogen and oxygen atoms in total. The molecular weight excluding hydrogens is 314 g/mol. The molecule has 5 N–H and O–H groups in total. The van der Waals surface area contributed by atoms with Crippen LogP contribution in [-0.4, -0.2) is 41.0 Å². The lowest BCUT2D eigenvalue weighted by atomic mass is 9.71. The third-order valence-electron chi connectivity index (χ3n) is 6.96. The van der Waals surface area contributed by atoms with Gasteiger partial charge < -0.3 is 21.3 Å². The van der Waals surface area contributed by atoms with E-state index in [0.717, 1.165) is 31.3 Å². The molecule has 3 aliphatic carbocycles. The van der Waals surface area contributed by atoms with Crippen LogP contribution in [0.3, 0.4) is 0 Å². The van der Waals surface area contributed by atoms with Crippen LogP contribution in [0, 0.1) is 23.7 Å².